The molecule has 1 saturated carbocycles. The summed E-state index contributed by atoms with van der Waals surface area (Å²) in [6, 6.07) is -0.439. The number of amides is 1. The van der Waals surface area contributed by atoms with Crippen molar-refractivity contribution >= 4 is 11.9 Å². The van der Waals surface area contributed by atoms with Gasteiger partial charge in [-0.3, -0.25) is 4.79 Å². The molecule has 0 aromatic carbocycles. The normalized spacial score (nSPS) is 31.0. The molecule has 1 amide bonds. The maximum Gasteiger partial charge on any atom is 0.326 e. The third kappa shape index (κ3) is 3.57. The maximum absolute atomic E-state index is 12.6. The van der Waals surface area contributed by atoms with E-state index in [1.54, 1.807) is 4.90 Å². The summed E-state index contributed by atoms with van der Waals surface area (Å²) in [4.78, 5) is 25.8. The second-order valence-corrected chi connectivity index (χ2v) is 6.94. The fraction of sp³-hybridized carbons (Fsp3) is 0.875. The Kier molecular flexibility index (Phi) is 5.25. The van der Waals surface area contributed by atoms with E-state index in [2.05, 4.69) is 0 Å². The van der Waals surface area contributed by atoms with Gasteiger partial charge in [0.15, 0.2) is 0 Å². The van der Waals surface area contributed by atoms with Crippen molar-refractivity contribution in [3.05, 3.63) is 0 Å². The van der Waals surface area contributed by atoms with Crippen LogP contribution < -0.4 is 5.73 Å². The van der Waals surface area contributed by atoms with Crippen molar-refractivity contribution in [3.63, 3.8) is 0 Å². The Balaban J connectivity index is 1.96. The Labute approximate surface area is 126 Å². The first-order chi connectivity index (χ1) is 9.91. The zero-order valence-corrected chi connectivity index (χ0v) is 13.1. The summed E-state index contributed by atoms with van der Waals surface area (Å²) in [6.45, 7) is 4.52. The van der Waals surface area contributed by atoms with E-state index in [1.165, 1.54) is 0 Å². The highest BCUT2D eigenvalue weighted by Crippen LogP contribution is 2.42. The Morgan fingerprint density at radius 3 is 2.62 bits per heavy atom. The summed E-state index contributed by atoms with van der Waals surface area (Å²) in [6.07, 6.45) is 5.74. The molecule has 0 aromatic rings. The number of carbonyl (C=O) groups excluding carboxylic acids is 1. The number of hydrogen-bond acceptors (Lipinski definition) is 3. The maximum atomic E-state index is 12.6. The van der Waals surface area contributed by atoms with Crippen LogP contribution >= 0.6 is 0 Å². The minimum Gasteiger partial charge on any atom is -0.480 e. The fourth-order valence-electron chi connectivity index (χ4n) is 4.00. The topological polar surface area (TPSA) is 83.6 Å². The van der Waals surface area contributed by atoms with Gasteiger partial charge in [0.05, 0.1) is 0 Å². The van der Waals surface area contributed by atoms with Crippen LogP contribution in [0.2, 0.25) is 0 Å². The fourth-order valence-corrected chi connectivity index (χ4v) is 4.00. The minimum atomic E-state index is -0.833. The number of hydrogen-bond donors (Lipinski definition) is 2. The average molecular weight is 296 g/mol. The molecule has 1 saturated heterocycles. The van der Waals surface area contributed by atoms with Gasteiger partial charge in [0.1, 0.15) is 6.04 Å². The van der Waals surface area contributed by atoms with Gasteiger partial charge < -0.3 is 15.7 Å². The van der Waals surface area contributed by atoms with E-state index in [0.29, 0.717) is 12.5 Å². The van der Waals surface area contributed by atoms with E-state index in [0.717, 1.165) is 38.5 Å². The summed E-state index contributed by atoms with van der Waals surface area (Å²) >= 11 is 0. The molecule has 0 radical (unpaired) electrons. The first-order valence-electron chi connectivity index (χ1n) is 8.20. The van der Waals surface area contributed by atoms with Gasteiger partial charge in [-0.05, 0) is 44.4 Å². The number of aliphatic carboxylic acids is 1. The predicted molar refractivity (Wildman–Crippen MR) is 80.6 cm³/mol. The lowest BCUT2D eigenvalue weighted by Crippen LogP contribution is -2.45. The molecule has 2 fully saturated rings. The molecule has 1 aliphatic heterocycles. The molecule has 0 bridgehead atoms. The lowest BCUT2D eigenvalue weighted by molar-refractivity contribution is -0.151. The van der Waals surface area contributed by atoms with Crippen molar-refractivity contribution in [1.29, 1.82) is 0 Å². The lowest BCUT2D eigenvalue weighted by atomic mass is 9.94. The van der Waals surface area contributed by atoms with Crippen LogP contribution in [0.5, 0.6) is 0 Å². The molecule has 5 nitrogen and oxygen atoms in total. The molecule has 5 unspecified atom stereocenters. The number of carboxylic acid groups (broad SMARTS) is 1. The molecule has 5 atom stereocenters. The van der Waals surface area contributed by atoms with Crippen LogP contribution in [0.15, 0.2) is 0 Å². The van der Waals surface area contributed by atoms with E-state index in [-0.39, 0.29) is 23.8 Å². The second kappa shape index (κ2) is 6.77. The molecule has 5 heteroatoms. The summed E-state index contributed by atoms with van der Waals surface area (Å²) in [5.41, 5.74) is 5.73. The Hall–Kier alpha value is -1.10. The Morgan fingerprint density at radius 2 is 2.00 bits per heavy atom. The van der Waals surface area contributed by atoms with Crippen LogP contribution in [0.4, 0.5) is 0 Å². The molecule has 2 rings (SSSR count). The minimum absolute atomic E-state index is 0.0153. The van der Waals surface area contributed by atoms with Crippen LogP contribution in [-0.2, 0) is 9.59 Å². The van der Waals surface area contributed by atoms with Gasteiger partial charge in [-0.2, -0.15) is 0 Å². The zero-order chi connectivity index (χ0) is 15.6. The van der Waals surface area contributed by atoms with Crippen molar-refractivity contribution in [1.82, 2.24) is 4.90 Å². The number of nitrogens with zero attached hydrogens (tertiary/aromatic N) is 1. The lowest BCUT2D eigenvalue weighted by Gasteiger charge is -2.27. The number of carboxylic acids is 1. The average Bonchev–Trinajstić information content (AvgIpc) is 2.96. The van der Waals surface area contributed by atoms with Gasteiger partial charge >= 0.3 is 5.97 Å². The van der Waals surface area contributed by atoms with E-state index in [9.17, 15) is 14.7 Å². The van der Waals surface area contributed by atoms with Gasteiger partial charge in [-0.1, -0.05) is 19.8 Å². The monoisotopic (exact) mass is 296 g/mol. The van der Waals surface area contributed by atoms with Crippen LogP contribution in [0.1, 0.15) is 52.4 Å². The summed E-state index contributed by atoms with van der Waals surface area (Å²) in [7, 11) is 0. The second-order valence-electron chi connectivity index (χ2n) is 6.94. The molecule has 1 aliphatic carbocycles. The standard InChI is InChI=1S/C16H28N2O3/c1-10(5-3-6-11(2)17)15(19)18-9-12-7-4-8-13(12)14(18)16(20)21/h10-14H,3-9,17H2,1-2H3,(H,20,21). The number of likely N-dealkylation sites (tertiary alicyclic amines) is 1. The molecule has 3 N–H and O–H groups in total. The number of carbonyl (C=O) groups is 2. The highest BCUT2D eigenvalue weighted by molar-refractivity contribution is 5.86. The molecule has 1 heterocycles. The molecule has 0 aromatic heterocycles. The van der Waals surface area contributed by atoms with Crippen LogP contribution in [0.3, 0.4) is 0 Å². The van der Waals surface area contributed by atoms with Crippen molar-refractivity contribution in [3.8, 4) is 0 Å². The molecule has 21 heavy (non-hydrogen) atoms. The number of fused-ring (bicyclic) bond motifs is 1. The first-order valence-corrected chi connectivity index (χ1v) is 8.20. The SMILES string of the molecule is CC(N)CCCC(C)C(=O)N1CC2CCCC2C1C(=O)O. The highest BCUT2D eigenvalue weighted by Gasteiger charge is 2.49. The molecule has 0 spiro atoms. The summed E-state index contributed by atoms with van der Waals surface area (Å²) in [5.74, 6) is -0.361. The van der Waals surface area contributed by atoms with E-state index >= 15 is 0 Å². The van der Waals surface area contributed by atoms with Crippen LogP contribution in [0.25, 0.3) is 0 Å². The van der Waals surface area contributed by atoms with Gasteiger partial charge in [0, 0.05) is 18.5 Å². The third-order valence-electron chi connectivity index (χ3n) is 5.14. The smallest absolute Gasteiger partial charge is 0.326 e. The third-order valence-corrected chi connectivity index (χ3v) is 5.14. The largest absolute Gasteiger partial charge is 0.480 e. The van der Waals surface area contributed by atoms with Crippen molar-refractivity contribution in [2.75, 3.05) is 6.54 Å². The molecular weight excluding hydrogens is 268 g/mol. The van der Waals surface area contributed by atoms with Gasteiger partial charge in [-0.15, -0.1) is 0 Å². The van der Waals surface area contributed by atoms with Crippen molar-refractivity contribution in [2.24, 2.45) is 23.5 Å². The molecule has 120 valence electrons. The van der Waals surface area contributed by atoms with Crippen LogP contribution in [0, 0.1) is 17.8 Å². The van der Waals surface area contributed by atoms with Crippen LogP contribution in [-0.4, -0.2) is 40.5 Å². The number of rotatable bonds is 6. The Bertz CT molecular complexity index is 397. The molecule has 2 aliphatic rings. The first kappa shape index (κ1) is 16.3. The Morgan fingerprint density at radius 1 is 1.29 bits per heavy atom. The predicted octanol–water partition coefficient (Wildman–Crippen LogP) is 1.85. The zero-order valence-electron chi connectivity index (χ0n) is 13.1. The highest BCUT2D eigenvalue weighted by atomic mass is 16.4. The quantitative estimate of drug-likeness (QED) is 0.783. The summed E-state index contributed by atoms with van der Waals surface area (Å²) < 4.78 is 0. The van der Waals surface area contributed by atoms with Gasteiger partial charge in [-0.25, -0.2) is 4.79 Å². The van der Waals surface area contributed by atoms with Crippen molar-refractivity contribution < 1.29 is 14.7 Å². The van der Waals surface area contributed by atoms with Gasteiger partial charge in [0.2, 0.25) is 5.91 Å². The van der Waals surface area contributed by atoms with E-state index in [1.807, 2.05) is 13.8 Å². The number of nitrogens with two attached hydrogens (primary N) is 1. The summed E-state index contributed by atoms with van der Waals surface area (Å²) in [5, 5.41) is 9.50. The van der Waals surface area contributed by atoms with Gasteiger partial charge in [0.25, 0.3) is 0 Å². The molecular formula is C16H28N2O3. The van der Waals surface area contributed by atoms with E-state index in [4.69, 9.17) is 5.73 Å². The van der Waals surface area contributed by atoms with Crippen molar-refractivity contribution in [2.45, 2.75) is 64.5 Å². The van der Waals surface area contributed by atoms with E-state index < -0.39 is 12.0 Å².